The molecular weight excluding hydrogens is 442 g/mol. The second kappa shape index (κ2) is 9.32. The van der Waals surface area contributed by atoms with Crippen molar-refractivity contribution in [1.82, 2.24) is 4.72 Å². The molecule has 0 amide bonds. The van der Waals surface area contributed by atoms with Gasteiger partial charge in [-0.3, -0.25) is 0 Å². The van der Waals surface area contributed by atoms with Crippen molar-refractivity contribution in [3.63, 3.8) is 0 Å². The van der Waals surface area contributed by atoms with Gasteiger partial charge in [-0.1, -0.05) is 29.3 Å². The van der Waals surface area contributed by atoms with E-state index in [1.807, 2.05) is 0 Å². The number of hydrogen-bond acceptors (Lipinski definition) is 4. The number of ether oxygens (including phenoxy) is 2. The Labute approximate surface area is 170 Å². The summed E-state index contributed by atoms with van der Waals surface area (Å²) in [6, 6.07) is 7.89. The van der Waals surface area contributed by atoms with Gasteiger partial charge in [-0.05, 0) is 48.4 Å². The molecule has 0 aliphatic rings. The minimum absolute atomic E-state index is 0.218. The highest BCUT2D eigenvalue weighted by Gasteiger charge is 2.31. The summed E-state index contributed by atoms with van der Waals surface area (Å²) in [5.74, 6) is -0.521. The molecule has 1 atom stereocenters. The smallest absolute Gasteiger partial charge is 0.406 e. The lowest BCUT2D eigenvalue weighted by Crippen LogP contribution is -2.29. The minimum atomic E-state index is -4.86. The van der Waals surface area contributed by atoms with Crippen LogP contribution in [0.4, 0.5) is 13.2 Å². The van der Waals surface area contributed by atoms with Crippen molar-refractivity contribution in [3.8, 4) is 5.75 Å². The second-order valence-electron chi connectivity index (χ2n) is 5.65. The lowest BCUT2D eigenvalue weighted by molar-refractivity contribution is -0.274. The second-order valence-corrected chi connectivity index (χ2v) is 8.18. The molecule has 154 valence electrons. The Morgan fingerprint density at radius 1 is 1.07 bits per heavy atom. The topological polar surface area (TPSA) is 64.6 Å². The summed E-state index contributed by atoms with van der Waals surface area (Å²) in [4.78, 5) is -0.218. The van der Waals surface area contributed by atoms with Crippen LogP contribution >= 0.6 is 23.2 Å². The minimum Gasteiger partial charge on any atom is -0.406 e. The molecule has 2 aromatic rings. The third-order valence-electron chi connectivity index (χ3n) is 3.62. The zero-order valence-electron chi connectivity index (χ0n) is 14.5. The van der Waals surface area contributed by atoms with Gasteiger partial charge in [0.1, 0.15) is 5.75 Å². The Balaban J connectivity index is 2.25. The van der Waals surface area contributed by atoms with Gasteiger partial charge >= 0.3 is 6.36 Å². The summed E-state index contributed by atoms with van der Waals surface area (Å²) < 4.78 is 73.3. The quantitative estimate of drug-likeness (QED) is 0.608. The van der Waals surface area contributed by atoms with Gasteiger partial charge in [0, 0.05) is 19.8 Å². The maximum absolute atomic E-state index is 12.7. The van der Waals surface area contributed by atoms with Crippen LogP contribution in [-0.4, -0.2) is 28.5 Å². The van der Waals surface area contributed by atoms with Crippen LogP contribution in [0.5, 0.6) is 5.75 Å². The van der Waals surface area contributed by atoms with Gasteiger partial charge in [0.15, 0.2) is 0 Å². The van der Waals surface area contributed by atoms with E-state index in [1.54, 1.807) is 6.07 Å². The monoisotopic (exact) mass is 457 g/mol. The van der Waals surface area contributed by atoms with E-state index in [0.717, 1.165) is 24.3 Å². The molecule has 0 heterocycles. The molecule has 11 heteroatoms. The molecule has 2 aromatic carbocycles. The molecule has 0 unspecified atom stereocenters. The van der Waals surface area contributed by atoms with Gasteiger partial charge in [-0.25, -0.2) is 13.1 Å². The highest BCUT2D eigenvalue weighted by atomic mass is 35.5. The third-order valence-corrected chi connectivity index (χ3v) is 5.85. The number of methoxy groups -OCH3 is 1. The first-order valence-corrected chi connectivity index (χ1v) is 10.1. The summed E-state index contributed by atoms with van der Waals surface area (Å²) in [6.45, 7) is 0.256. The molecule has 0 radical (unpaired) electrons. The van der Waals surface area contributed by atoms with Crippen LogP contribution in [0.25, 0.3) is 0 Å². The summed E-state index contributed by atoms with van der Waals surface area (Å²) >= 11 is 11.9. The number of benzene rings is 2. The van der Waals surface area contributed by atoms with Gasteiger partial charge in [-0.2, -0.15) is 0 Å². The molecule has 0 saturated heterocycles. The number of hydrogen-bond donors (Lipinski definition) is 1. The fourth-order valence-corrected chi connectivity index (χ4v) is 3.90. The fourth-order valence-electron chi connectivity index (χ4n) is 2.33. The van der Waals surface area contributed by atoms with Gasteiger partial charge in [0.05, 0.1) is 14.9 Å². The molecule has 0 bridgehead atoms. The van der Waals surface area contributed by atoms with Gasteiger partial charge < -0.3 is 9.47 Å². The van der Waals surface area contributed by atoms with Crippen LogP contribution in [0.3, 0.4) is 0 Å². The number of alkyl halides is 3. The number of sulfonamides is 1. The Morgan fingerprint density at radius 2 is 1.71 bits per heavy atom. The van der Waals surface area contributed by atoms with Crippen molar-refractivity contribution < 1.29 is 31.1 Å². The van der Waals surface area contributed by atoms with Crippen LogP contribution in [-0.2, 0) is 14.8 Å². The third kappa shape index (κ3) is 6.52. The largest absolute Gasteiger partial charge is 0.573 e. The summed E-state index contributed by atoms with van der Waals surface area (Å²) in [6.07, 6.45) is -4.57. The van der Waals surface area contributed by atoms with Crippen LogP contribution in [0.15, 0.2) is 47.4 Å². The standard InChI is InChI=1S/C17H16Cl2F3NO4S/c1-26-9-8-16(11-2-7-14(18)15(19)10-11)23-28(24,25)13-5-3-12(4-6-13)27-17(20,21)22/h2-7,10,16,23H,8-9H2,1H3/t16-/m0/s1. The normalized spacial score (nSPS) is 13.4. The molecular formula is C17H16Cl2F3NO4S. The number of rotatable bonds is 8. The van der Waals surface area contributed by atoms with E-state index in [-0.39, 0.29) is 16.5 Å². The van der Waals surface area contributed by atoms with Gasteiger partial charge in [0.25, 0.3) is 0 Å². The molecule has 0 aliphatic carbocycles. The zero-order valence-corrected chi connectivity index (χ0v) is 16.8. The molecule has 1 N–H and O–H groups in total. The van der Waals surface area contributed by atoms with E-state index in [4.69, 9.17) is 27.9 Å². The van der Waals surface area contributed by atoms with Crippen LogP contribution < -0.4 is 9.46 Å². The van der Waals surface area contributed by atoms with Crippen LogP contribution in [0.2, 0.25) is 10.0 Å². The van der Waals surface area contributed by atoms with Crippen molar-refractivity contribution in [1.29, 1.82) is 0 Å². The van der Waals surface area contributed by atoms with E-state index in [9.17, 15) is 21.6 Å². The molecule has 0 fully saturated rings. The molecule has 28 heavy (non-hydrogen) atoms. The predicted molar refractivity (Wildman–Crippen MR) is 99.1 cm³/mol. The van der Waals surface area contributed by atoms with Gasteiger partial charge in [0.2, 0.25) is 10.0 Å². The lowest BCUT2D eigenvalue weighted by Gasteiger charge is -2.20. The van der Waals surface area contributed by atoms with Crippen LogP contribution in [0, 0.1) is 0 Å². The summed E-state index contributed by atoms with van der Waals surface area (Å²) in [5, 5.41) is 0.577. The van der Waals surface area contributed by atoms with Crippen molar-refractivity contribution in [2.45, 2.75) is 23.7 Å². The first-order valence-electron chi connectivity index (χ1n) is 7.84. The van der Waals surface area contributed by atoms with Crippen LogP contribution in [0.1, 0.15) is 18.0 Å². The maximum atomic E-state index is 12.7. The average Bonchev–Trinajstić information content (AvgIpc) is 2.60. The predicted octanol–water partition coefficient (Wildman–Crippen LogP) is 4.95. The zero-order chi connectivity index (χ0) is 20.9. The Morgan fingerprint density at radius 3 is 2.25 bits per heavy atom. The number of nitrogens with one attached hydrogen (secondary N) is 1. The van der Waals surface area contributed by atoms with Gasteiger partial charge in [-0.15, -0.1) is 13.2 Å². The fraction of sp³-hybridized carbons (Fsp3) is 0.294. The highest BCUT2D eigenvalue weighted by molar-refractivity contribution is 7.89. The molecule has 0 spiro atoms. The molecule has 5 nitrogen and oxygen atoms in total. The molecule has 0 aromatic heterocycles. The Kier molecular flexibility index (Phi) is 7.58. The summed E-state index contributed by atoms with van der Waals surface area (Å²) in [5.41, 5.74) is 0.562. The van der Waals surface area contributed by atoms with E-state index in [1.165, 1.54) is 19.2 Å². The summed E-state index contributed by atoms with van der Waals surface area (Å²) in [7, 11) is -2.57. The first-order chi connectivity index (χ1) is 13.0. The molecule has 2 rings (SSSR count). The SMILES string of the molecule is COCC[C@H](NS(=O)(=O)c1ccc(OC(F)(F)F)cc1)c1ccc(Cl)c(Cl)c1. The van der Waals surface area contributed by atoms with Crippen molar-refractivity contribution in [3.05, 3.63) is 58.1 Å². The number of halogens is 5. The molecule has 0 aliphatic heterocycles. The first kappa shape index (κ1) is 22.8. The average molecular weight is 458 g/mol. The van der Waals surface area contributed by atoms with Crippen molar-refractivity contribution >= 4 is 33.2 Å². The lowest BCUT2D eigenvalue weighted by atomic mass is 10.1. The van der Waals surface area contributed by atoms with Crippen molar-refractivity contribution in [2.24, 2.45) is 0 Å². The van der Waals surface area contributed by atoms with E-state index in [0.29, 0.717) is 17.0 Å². The van der Waals surface area contributed by atoms with E-state index in [2.05, 4.69) is 9.46 Å². The van der Waals surface area contributed by atoms with Crippen molar-refractivity contribution in [2.75, 3.05) is 13.7 Å². The highest BCUT2D eigenvalue weighted by Crippen LogP contribution is 2.29. The van der Waals surface area contributed by atoms with E-state index >= 15 is 0 Å². The Bertz CT molecular complexity index is 906. The Hall–Kier alpha value is -1.52. The maximum Gasteiger partial charge on any atom is 0.573 e. The van der Waals surface area contributed by atoms with E-state index < -0.39 is 28.2 Å². The molecule has 0 saturated carbocycles.